The van der Waals surface area contributed by atoms with Crippen molar-refractivity contribution in [3.05, 3.63) is 0 Å². The van der Waals surface area contributed by atoms with Gasteiger partial charge in [0.25, 0.3) is 0 Å². The number of methoxy groups -OCH3 is 1. The van der Waals surface area contributed by atoms with E-state index in [1.54, 1.807) is 14.0 Å². The molecule has 16 heavy (non-hydrogen) atoms. The molecule has 0 aliphatic rings. The first-order valence-corrected chi connectivity index (χ1v) is 5.61. The van der Waals surface area contributed by atoms with E-state index in [0.29, 0.717) is 19.7 Å². The van der Waals surface area contributed by atoms with Crippen LogP contribution in [0.3, 0.4) is 0 Å². The number of ether oxygens (including phenoxy) is 2. The summed E-state index contributed by atoms with van der Waals surface area (Å²) in [7, 11) is 3.47. The Morgan fingerprint density at radius 1 is 1.12 bits per heavy atom. The van der Waals surface area contributed by atoms with Gasteiger partial charge in [0.15, 0.2) is 0 Å². The lowest BCUT2D eigenvalue weighted by Crippen LogP contribution is -2.37. The summed E-state index contributed by atoms with van der Waals surface area (Å²) in [6.45, 7) is 5.47. The van der Waals surface area contributed by atoms with Crippen LogP contribution in [0.4, 0.5) is 0 Å². The molecule has 0 aromatic heterocycles. The van der Waals surface area contributed by atoms with E-state index < -0.39 is 6.10 Å². The van der Waals surface area contributed by atoms with Crippen molar-refractivity contribution in [2.45, 2.75) is 32.2 Å². The first-order chi connectivity index (χ1) is 7.45. The average Bonchev–Trinajstić information content (AvgIpc) is 2.13. The van der Waals surface area contributed by atoms with Crippen LogP contribution in [0.5, 0.6) is 0 Å². The number of likely N-dealkylation sites (N-methyl/N-ethyl adjacent to an activating group) is 1. The second-order valence-corrected chi connectivity index (χ2v) is 4.32. The van der Waals surface area contributed by atoms with Crippen molar-refractivity contribution >= 4 is 0 Å². The lowest BCUT2D eigenvalue weighted by Gasteiger charge is -2.22. The summed E-state index contributed by atoms with van der Waals surface area (Å²) in [5.41, 5.74) is 0. The molecule has 3 atom stereocenters. The van der Waals surface area contributed by atoms with Gasteiger partial charge in [-0.2, -0.15) is 0 Å². The van der Waals surface area contributed by atoms with Gasteiger partial charge in [0.1, 0.15) is 0 Å². The van der Waals surface area contributed by atoms with Crippen LogP contribution in [-0.2, 0) is 9.47 Å². The lowest BCUT2D eigenvalue weighted by molar-refractivity contribution is -0.0398. The zero-order valence-corrected chi connectivity index (χ0v) is 10.7. The fourth-order valence-electron chi connectivity index (χ4n) is 1.50. The Morgan fingerprint density at radius 3 is 2.25 bits per heavy atom. The number of aliphatic hydroxyl groups excluding tert-OH is 2. The number of hydrogen-bond acceptors (Lipinski definition) is 5. The topological polar surface area (TPSA) is 62.2 Å². The van der Waals surface area contributed by atoms with Gasteiger partial charge in [-0.25, -0.2) is 0 Å². The molecule has 0 radical (unpaired) electrons. The maximum atomic E-state index is 9.66. The molecule has 5 nitrogen and oxygen atoms in total. The van der Waals surface area contributed by atoms with Crippen molar-refractivity contribution in [1.29, 1.82) is 0 Å². The summed E-state index contributed by atoms with van der Waals surface area (Å²) < 4.78 is 10.3. The Balaban J connectivity index is 3.60. The van der Waals surface area contributed by atoms with Crippen molar-refractivity contribution in [2.75, 3.05) is 40.5 Å². The van der Waals surface area contributed by atoms with Gasteiger partial charge >= 0.3 is 0 Å². The molecule has 0 fully saturated rings. The third-order valence-corrected chi connectivity index (χ3v) is 2.07. The number of hydrogen-bond donors (Lipinski definition) is 2. The summed E-state index contributed by atoms with van der Waals surface area (Å²) >= 11 is 0. The molecule has 0 aliphatic carbocycles. The molecule has 3 unspecified atom stereocenters. The van der Waals surface area contributed by atoms with Gasteiger partial charge in [-0.1, -0.05) is 0 Å². The largest absolute Gasteiger partial charge is 0.392 e. The van der Waals surface area contributed by atoms with Crippen LogP contribution < -0.4 is 0 Å². The molecule has 0 spiro atoms. The molecule has 0 bridgehead atoms. The van der Waals surface area contributed by atoms with Gasteiger partial charge in [0, 0.05) is 20.2 Å². The van der Waals surface area contributed by atoms with Crippen LogP contribution in [0.1, 0.15) is 13.8 Å². The highest BCUT2D eigenvalue weighted by Crippen LogP contribution is 1.97. The predicted octanol–water partition coefficient (Wildman–Crippen LogP) is -0.289. The van der Waals surface area contributed by atoms with Crippen LogP contribution >= 0.6 is 0 Å². The Bertz CT molecular complexity index is 166. The Kier molecular flexibility index (Phi) is 8.78. The van der Waals surface area contributed by atoms with Gasteiger partial charge in [-0.3, -0.25) is 0 Å². The van der Waals surface area contributed by atoms with E-state index >= 15 is 0 Å². The predicted molar refractivity (Wildman–Crippen MR) is 62.5 cm³/mol. The van der Waals surface area contributed by atoms with Crippen molar-refractivity contribution in [1.82, 2.24) is 4.90 Å². The molecule has 98 valence electrons. The van der Waals surface area contributed by atoms with Gasteiger partial charge < -0.3 is 24.6 Å². The SMILES string of the molecule is COCC(C)OCC(O)CN(C)CC(C)O. The molecule has 0 saturated carbocycles. The highest BCUT2D eigenvalue weighted by Gasteiger charge is 2.11. The number of nitrogens with zero attached hydrogens (tertiary/aromatic N) is 1. The molecule has 0 rings (SSSR count). The molecule has 0 amide bonds. The van der Waals surface area contributed by atoms with E-state index in [2.05, 4.69) is 0 Å². The van der Waals surface area contributed by atoms with Crippen LogP contribution in [-0.4, -0.2) is 73.9 Å². The first kappa shape index (κ1) is 15.8. The van der Waals surface area contributed by atoms with E-state index in [1.807, 2.05) is 18.9 Å². The normalized spacial score (nSPS) is 17.4. The average molecular weight is 235 g/mol. The Hall–Kier alpha value is -0.200. The summed E-state index contributed by atoms with van der Waals surface area (Å²) in [4.78, 5) is 1.87. The molecule has 0 aromatic rings. The minimum Gasteiger partial charge on any atom is -0.392 e. The van der Waals surface area contributed by atoms with E-state index in [-0.39, 0.29) is 18.8 Å². The smallest absolute Gasteiger partial charge is 0.0900 e. The molecular formula is C11H25NO4. The quantitative estimate of drug-likeness (QED) is 0.575. The highest BCUT2D eigenvalue weighted by molar-refractivity contribution is 4.63. The Morgan fingerprint density at radius 2 is 1.75 bits per heavy atom. The zero-order valence-electron chi connectivity index (χ0n) is 10.7. The molecular weight excluding hydrogens is 210 g/mol. The van der Waals surface area contributed by atoms with E-state index in [9.17, 15) is 5.11 Å². The maximum Gasteiger partial charge on any atom is 0.0900 e. The van der Waals surface area contributed by atoms with Crippen molar-refractivity contribution in [3.63, 3.8) is 0 Å². The van der Waals surface area contributed by atoms with E-state index in [4.69, 9.17) is 14.6 Å². The molecule has 5 heteroatoms. The van der Waals surface area contributed by atoms with E-state index in [1.165, 1.54) is 0 Å². The van der Waals surface area contributed by atoms with Gasteiger partial charge in [0.05, 0.1) is 31.5 Å². The highest BCUT2D eigenvalue weighted by atomic mass is 16.5. The standard InChI is InChI=1S/C11H25NO4/c1-9(13)5-12(3)6-11(14)8-16-10(2)7-15-4/h9-11,13-14H,5-8H2,1-4H3. The molecule has 0 saturated heterocycles. The van der Waals surface area contributed by atoms with Crippen LogP contribution in [0, 0.1) is 0 Å². The summed E-state index contributed by atoms with van der Waals surface area (Å²) in [6.07, 6.45) is -0.935. The second kappa shape index (κ2) is 8.90. The maximum absolute atomic E-state index is 9.66. The van der Waals surface area contributed by atoms with Crippen molar-refractivity contribution < 1.29 is 19.7 Å². The zero-order chi connectivity index (χ0) is 12.6. The fraction of sp³-hybridized carbons (Fsp3) is 1.00. The van der Waals surface area contributed by atoms with Crippen LogP contribution in [0.25, 0.3) is 0 Å². The van der Waals surface area contributed by atoms with E-state index in [0.717, 1.165) is 0 Å². The summed E-state index contributed by atoms with van der Waals surface area (Å²) in [5.74, 6) is 0. The molecule has 0 aliphatic heterocycles. The number of aliphatic hydroxyl groups is 2. The minimum absolute atomic E-state index is 0.0123. The van der Waals surface area contributed by atoms with Crippen molar-refractivity contribution in [2.24, 2.45) is 0 Å². The third-order valence-electron chi connectivity index (χ3n) is 2.07. The summed E-state index contributed by atoms with van der Waals surface area (Å²) in [5, 5.41) is 18.8. The van der Waals surface area contributed by atoms with Gasteiger partial charge in [-0.05, 0) is 20.9 Å². The first-order valence-electron chi connectivity index (χ1n) is 5.61. The van der Waals surface area contributed by atoms with Crippen molar-refractivity contribution in [3.8, 4) is 0 Å². The number of rotatable bonds is 9. The van der Waals surface area contributed by atoms with Crippen LogP contribution in [0.2, 0.25) is 0 Å². The summed E-state index contributed by atoms with van der Waals surface area (Å²) in [6, 6.07) is 0. The minimum atomic E-state index is -0.539. The lowest BCUT2D eigenvalue weighted by atomic mass is 10.3. The second-order valence-electron chi connectivity index (χ2n) is 4.32. The van der Waals surface area contributed by atoms with Gasteiger partial charge in [-0.15, -0.1) is 0 Å². The Labute approximate surface area is 98.0 Å². The fourth-order valence-corrected chi connectivity index (χ4v) is 1.50. The van der Waals surface area contributed by atoms with Gasteiger partial charge in [0.2, 0.25) is 0 Å². The molecule has 2 N–H and O–H groups in total. The molecule has 0 aromatic carbocycles. The third kappa shape index (κ3) is 9.06. The van der Waals surface area contributed by atoms with Crippen LogP contribution in [0.15, 0.2) is 0 Å². The monoisotopic (exact) mass is 235 g/mol. The molecule has 0 heterocycles.